The van der Waals surface area contributed by atoms with Gasteiger partial charge in [0.15, 0.2) is 1.41 Å². The second-order valence-corrected chi connectivity index (χ2v) is 4.65. The predicted molar refractivity (Wildman–Crippen MR) is 96.4 cm³/mol. The second-order valence-electron chi connectivity index (χ2n) is 4.28. The number of piperazine rings is 1. The highest BCUT2D eigenvalue weighted by molar-refractivity contribution is 6.31. The molecule has 118 valence electrons. The van der Waals surface area contributed by atoms with E-state index in [-0.39, 0.29) is 10.2 Å². The van der Waals surface area contributed by atoms with Gasteiger partial charge >= 0.3 is 0 Å². The van der Waals surface area contributed by atoms with Gasteiger partial charge in [0, 0.05) is 51.9 Å². The molecular weight excluding hydrogens is 308 g/mol. The average Bonchev–Trinajstić information content (AvgIpc) is 2.95. The van der Waals surface area contributed by atoms with Gasteiger partial charge < -0.3 is 15.1 Å². The van der Waals surface area contributed by atoms with Crippen molar-refractivity contribution in [2.45, 2.75) is 0 Å². The summed E-state index contributed by atoms with van der Waals surface area (Å²) in [5, 5.41) is -0.509. The minimum absolute atomic E-state index is 0.195. The lowest BCUT2D eigenvalue weighted by Gasteiger charge is -2.34. The third-order valence-electron chi connectivity index (χ3n) is 2.83. The fourth-order valence-corrected chi connectivity index (χ4v) is 2.02. The summed E-state index contributed by atoms with van der Waals surface area (Å²) >= 11 is 6.02. The zero-order valence-corrected chi connectivity index (χ0v) is 11.9. The summed E-state index contributed by atoms with van der Waals surface area (Å²) in [6.45, 7) is -19.3. The Morgan fingerprint density at radius 2 is 2.04 bits per heavy atom. The van der Waals surface area contributed by atoms with Crippen molar-refractivity contribution in [1.29, 1.82) is 0 Å². The first-order valence-electron chi connectivity index (χ1n) is 15.6. The lowest BCUT2D eigenvalue weighted by molar-refractivity contribution is 0.216. The van der Waals surface area contributed by atoms with E-state index in [1.54, 1.807) is 0 Å². The van der Waals surface area contributed by atoms with Crippen molar-refractivity contribution >= 4 is 34.5 Å². The molecule has 4 nitrogen and oxygen atoms in total. The number of hydrogen-bond donors (Lipinski definition) is 1. The van der Waals surface area contributed by atoms with Gasteiger partial charge in [0.1, 0.15) is 5.84 Å². The standard InChI is InChI=1S/C18H19ClN4/c1-22-8-10-23(11-9-22)18-14-4-2-3-5-15(14)20-16-7-6-13(19)12-17(16)21-18/h2-7,12,20H,8-11H2,1H3/i1D3,2D,3D,4D,5D,6D,7D,8D2,9D2,10D2,11D2,12D/hD. The Balaban J connectivity index is 2.29. The molecule has 0 saturated carbocycles. The van der Waals surface area contributed by atoms with Crippen LogP contribution in [-0.4, -0.2) is 48.6 Å². The molecule has 0 atom stereocenters. The van der Waals surface area contributed by atoms with E-state index < -0.39 is 114 Å². The monoisotopic (exact) mass is 345 g/mol. The van der Waals surface area contributed by atoms with Gasteiger partial charge in [-0.3, -0.25) is 0 Å². The van der Waals surface area contributed by atoms with Crippen LogP contribution in [0, 0.1) is 0 Å². The van der Waals surface area contributed by atoms with Gasteiger partial charge in [0.25, 0.3) is 0 Å². The first-order chi connectivity index (χ1) is 18.8. The van der Waals surface area contributed by atoms with Gasteiger partial charge in [-0.25, -0.2) is 4.99 Å². The maximum absolute atomic E-state index is 8.70. The number of rotatable bonds is 0. The lowest BCUT2D eigenvalue weighted by Crippen LogP contribution is -2.47. The van der Waals surface area contributed by atoms with E-state index in [9.17, 15) is 0 Å². The minimum atomic E-state index is -3.90. The lowest BCUT2D eigenvalue weighted by atomic mass is 10.1. The van der Waals surface area contributed by atoms with Crippen LogP contribution in [0.25, 0.3) is 0 Å². The van der Waals surface area contributed by atoms with E-state index >= 15 is 0 Å². The maximum Gasteiger partial charge on any atom is 0.167 e. The molecule has 1 saturated heterocycles. The van der Waals surface area contributed by atoms with Crippen LogP contribution in [0.3, 0.4) is 0 Å². The van der Waals surface area contributed by atoms with Crippen LogP contribution in [0.5, 0.6) is 0 Å². The second kappa shape index (κ2) is 5.87. The van der Waals surface area contributed by atoms with Crippen LogP contribution >= 0.6 is 11.6 Å². The molecule has 4 rings (SSSR count). The Morgan fingerprint density at radius 3 is 2.87 bits per heavy atom. The van der Waals surface area contributed by atoms with Crippen molar-refractivity contribution in [3.8, 4) is 0 Å². The van der Waals surface area contributed by atoms with Crippen LogP contribution in [0.1, 0.15) is 30.2 Å². The van der Waals surface area contributed by atoms with Crippen LogP contribution in [-0.2, 0) is 0 Å². The molecule has 5 heteroatoms. The number of para-hydroxylation sites is 1. The Labute approximate surface area is 168 Å². The van der Waals surface area contributed by atoms with Crippen molar-refractivity contribution < 1.29 is 26.1 Å². The molecule has 0 bridgehead atoms. The molecule has 23 heavy (non-hydrogen) atoms. The Hall–Kier alpha value is -2.04. The molecule has 0 spiro atoms. The minimum Gasteiger partial charge on any atom is -0.353 e. The highest BCUT2D eigenvalue weighted by atomic mass is 35.5. The maximum atomic E-state index is 8.70. The van der Waals surface area contributed by atoms with E-state index in [2.05, 4.69) is 4.99 Å². The van der Waals surface area contributed by atoms with E-state index in [0.717, 1.165) is 0 Å². The number of likely N-dealkylation sites (N-methyl/N-ethyl adjacent to an activating group) is 1. The van der Waals surface area contributed by atoms with E-state index in [0.29, 0.717) is 0 Å². The number of aliphatic imine (C=N–C) groups is 1. The molecular formula is C18H19ClN4. The number of hydrogen-bond acceptors (Lipinski definition) is 4. The first kappa shape index (κ1) is 4.52. The van der Waals surface area contributed by atoms with Crippen LogP contribution < -0.4 is 5.31 Å². The average molecular weight is 346 g/mol. The highest BCUT2D eigenvalue weighted by Crippen LogP contribution is 2.36. The zero-order chi connectivity index (χ0) is 32.4. The number of halogens is 1. The third-order valence-corrected chi connectivity index (χ3v) is 3.02. The molecule has 0 radical (unpaired) electrons. The summed E-state index contributed by atoms with van der Waals surface area (Å²) < 4.78 is 158. The molecule has 2 aliphatic rings. The molecule has 0 amide bonds. The summed E-state index contributed by atoms with van der Waals surface area (Å²) in [7, 11) is 0. The van der Waals surface area contributed by atoms with Crippen LogP contribution in [0.2, 0.25) is 6.43 Å². The Kier molecular flexibility index (Phi) is 1.15. The summed E-state index contributed by atoms with van der Waals surface area (Å²) in [5.74, 6) is -1.26. The zero-order valence-electron chi connectivity index (χ0n) is 30.2. The number of nitrogens with zero attached hydrogens (tertiary/aromatic N) is 3. The van der Waals surface area contributed by atoms with Crippen LogP contribution in [0.4, 0.5) is 17.1 Å². The number of anilines is 2. The molecule has 2 aliphatic heterocycles. The van der Waals surface area contributed by atoms with E-state index in [1.165, 1.54) is 0 Å². The van der Waals surface area contributed by atoms with E-state index in [1.807, 2.05) is 0 Å². The fraction of sp³-hybridized carbons (Fsp3) is 0.278. The largest absolute Gasteiger partial charge is 0.353 e. The van der Waals surface area contributed by atoms with Crippen molar-refractivity contribution in [2.24, 2.45) is 4.99 Å². The number of benzene rings is 2. The van der Waals surface area contributed by atoms with Gasteiger partial charge in [-0.1, -0.05) is 23.7 Å². The first-order valence-corrected chi connectivity index (χ1v) is 6.55. The van der Waals surface area contributed by atoms with Crippen molar-refractivity contribution in [3.63, 3.8) is 0 Å². The van der Waals surface area contributed by atoms with Gasteiger partial charge in [-0.05, 0) is 37.2 Å². The molecule has 0 unspecified atom stereocenters. The third kappa shape index (κ3) is 2.80. The fourth-order valence-electron chi connectivity index (χ4n) is 1.88. The van der Waals surface area contributed by atoms with Crippen molar-refractivity contribution in [1.82, 2.24) is 9.80 Å². The smallest absolute Gasteiger partial charge is 0.167 e. The Morgan fingerprint density at radius 1 is 1.22 bits per heavy atom. The van der Waals surface area contributed by atoms with E-state index in [4.69, 9.17) is 37.7 Å². The summed E-state index contributed by atoms with van der Waals surface area (Å²) in [5.41, 5.74) is -3.44. The molecule has 1 fully saturated rings. The molecule has 0 aliphatic carbocycles. The topological polar surface area (TPSA) is 30.9 Å². The van der Waals surface area contributed by atoms with Crippen LogP contribution in [0.15, 0.2) is 47.3 Å². The van der Waals surface area contributed by atoms with Gasteiger partial charge in [-0.15, -0.1) is 0 Å². The summed E-state index contributed by atoms with van der Waals surface area (Å²) in [6, 6.07) is -6.55. The normalized spacial score (nSPS) is 39.3. The predicted octanol–water partition coefficient (Wildman–Crippen LogP) is 3.72. The molecule has 2 aromatic carbocycles. The summed E-state index contributed by atoms with van der Waals surface area (Å²) in [6.07, 6.45) is 0. The Bertz CT molecular complexity index is 1520. The van der Waals surface area contributed by atoms with Crippen molar-refractivity contribution in [3.05, 3.63) is 52.9 Å². The highest BCUT2D eigenvalue weighted by Gasteiger charge is 2.23. The van der Waals surface area contributed by atoms with Crippen molar-refractivity contribution in [2.75, 3.05) is 38.3 Å². The number of amidine groups is 1. The SMILES string of the molecule is [2H]c1c([2H])c([2H])c2c(c1[2H])C(N1C([2H])([2H])C([2H])([2H])N(C([2H])([2H])[2H])C([2H])([2H])C1([2H])[2H])=Nc1c([2H])c(Cl)c([2H])c([2H])c1N2[2H]. The number of fused-ring (bicyclic) bond motifs is 2. The quantitative estimate of drug-likeness (QED) is 0.789. The molecule has 1 N–H and O–H groups in total. The number of nitrogens with one attached hydrogen (secondary N) is 1. The van der Waals surface area contributed by atoms with Gasteiger partial charge in [0.05, 0.1) is 26.5 Å². The summed E-state index contributed by atoms with van der Waals surface area (Å²) in [4.78, 5) is 3.11. The molecule has 2 aromatic rings. The van der Waals surface area contributed by atoms with Gasteiger partial charge in [0.2, 0.25) is 0 Å². The molecule has 0 aromatic heterocycles. The van der Waals surface area contributed by atoms with Gasteiger partial charge in [-0.2, -0.15) is 0 Å². The molecule has 2 heterocycles.